The minimum atomic E-state index is -0.488. The second-order valence-corrected chi connectivity index (χ2v) is 4.73. The molecule has 6 heteroatoms. The van der Waals surface area contributed by atoms with E-state index in [-0.39, 0.29) is 13.2 Å². The molecule has 0 heterocycles. The van der Waals surface area contributed by atoms with Gasteiger partial charge in [0.15, 0.2) is 0 Å². The fourth-order valence-electron chi connectivity index (χ4n) is 1.89. The van der Waals surface area contributed by atoms with E-state index in [4.69, 9.17) is 18.9 Å². The maximum atomic E-state index is 11.8. The summed E-state index contributed by atoms with van der Waals surface area (Å²) in [6.45, 7) is -0.0421. The standard InChI is InChI=1S/C18H18O6/c1-21-15-7-3-13(4-8-15)17(19)23-11-12-24-18(20)14-5-9-16(22-2)10-6-14/h3-10H,11-12H2,1-2H3. The molecule has 0 amide bonds. The van der Waals surface area contributed by atoms with Crippen LogP contribution in [-0.4, -0.2) is 39.4 Å². The van der Waals surface area contributed by atoms with Gasteiger partial charge in [0.05, 0.1) is 25.3 Å². The Morgan fingerprint density at radius 3 is 1.29 bits per heavy atom. The first-order valence-corrected chi connectivity index (χ1v) is 7.26. The second kappa shape index (κ2) is 8.57. The van der Waals surface area contributed by atoms with Crippen LogP contribution in [0.25, 0.3) is 0 Å². The van der Waals surface area contributed by atoms with E-state index in [9.17, 15) is 9.59 Å². The van der Waals surface area contributed by atoms with Gasteiger partial charge in [-0.25, -0.2) is 9.59 Å². The SMILES string of the molecule is COc1ccc(C(=O)OCCOC(=O)c2ccc(OC)cc2)cc1. The van der Waals surface area contributed by atoms with Gasteiger partial charge in [0.25, 0.3) is 0 Å². The Balaban J connectivity index is 1.74. The van der Waals surface area contributed by atoms with Crippen LogP contribution in [-0.2, 0) is 9.47 Å². The quantitative estimate of drug-likeness (QED) is 0.574. The molecule has 0 spiro atoms. The molecule has 0 unspecified atom stereocenters. The van der Waals surface area contributed by atoms with Crippen LogP contribution in [0.1, 0.15) is 20.7 Å². The van der Waals surface area contributed by atoms with Crippen LogP contribution in [0.4, 0.5) is 0 Å². The summed E-state index contributed by atoms with van der Waals surface area (Å²) < 4.78 is 20.1. The highest BCUT2D eigenvalue weighted by atomic mass is 16.6. The van der Waals surface area contributed by atoms with E-state index in [0.717, 1.165) is 0 Å². The molecule has 6 nitrogen and oxygen atoms in total. The average molecular weight is 330 g/mol. The molecule has 0 saturated carbocycles. The number of esters is 2. The number of rotatable bonds is 7. The number of hydrogen-bond donors (Lipinski definition) is 0. The van der Waals surface area contributed by atoms with E-state index >= 15 is 0 Å². The molecule has 0 bridgehead atoms. The smallest absolute Gasteiger partial charge is 0.338 e. The van der Waals surface area contributed by atoms with Gasteiger partial charge in [-0.1, -0.05) is 0 Å². The van der Waals surface area contributed by atoms with Gasteiger partial charge in [-0.15, -0.1) is 0 Å². The topological polar surface area (TPSA) is 71.1 Å². The molecule has 0 aliphatic heterocycles. The molecule has 2 rings (SSSR count). The minimum absolute atomic E-state index is 0.0211. The van der Waals surface area contributed by atoms with Crippen LogP contribution >= 0.6 is 0 Å². The zero-order valence-electron chi connectivity index (χ0n) is 13.5. The third kappa shape index (κ3) is 4.74. The van der Waals surface area contributed by atoms with E-state index in [1.807, 2.05) is 0 Å². The van der Waals surface area contributed by atoms with E-state index in [1.54, 1.807) is 62.8 Å². The van der Waals surface area contributed by atoms with Crippen LogP contribution in [0.15, 0.2) is 48.5 Å². The number of hydrogen-bond acceptors (Lipinski definition) is 6. The van der Waals surface area contributed by atoms with Gasteiger partial charge >= 0.3 is 11.9 Å². The third-order valence-corrected chi connectivity index (χ3v) is 3.20. The number of carbonyl (C=O) groups excluding carboxylic acids is 2. The Labute approximate surface area is 139 Å². The number of methoxy groups -OCH3 is 2. The predicted octanol–water partition coefficient (Wildman–Crippen LogP) is 2.72. The highest BCUT2D eigenvalue weighted by Crippen LogP contribution is 2.13. The van der Waals surface area contributed by atoms with Crippen molar-refractivity contribution in [3.05, 3.63) is 59.7 Å². The van der Waals surface area contributed by atoms with Crippen molar-refractivity contribution in [3.8, 4) is 11.5 Å². The lowest BCUT2D eigenvalue weighted by atomic mass is 10.2. The summed E-state index contributed by atoms with van der Waals surface area (Å²) in [6, 6.07) is 13.1. The van der Waals surface area contributed by atoms with Crippen LogP contribution in [0, 0.1) is 0 Å². The molecule has 2 aromatic carbocycles. The molecule has 0 radical (unpaired) electrons. The first-order chi connectivity index (χ1) is 11.6. The van der Waals surface area contributed by atoms with Crippen molar-refractivity contribution in [1.82, 2.24) is 0 Å². The average Bonchev–Trinajstić information content (AvgIpc) is 2.65. The molecular formula is C18H18O6. The molecular weight excluding hydrogens is 312 g/mol. The van der Waals surface area contributed by atoms with Crippen molar-refractivity contribution in [3.63, 3.8) is 0 Å². The Bertz CT molecular complexity index is 614. The fourth-order valence-corrected chi connectivity index (χ4v) is 1.89. The molecule has 126 valence electrons. The molecule has 0 aliphatic carbocycles. The van der Waals surface area contributed by atoms with Crippen molar-refractivity contribution in [2.24, 2.45) is 0 Å². The van der Waals surface area contributed by atoms with Gasteiger partial charge in [0, 0.05) is 0 Å². The zero-order valence-corrected chi connectivity index (χ0v) is 13.5. The summed E-state index contributed by atoms with van der Waals surface area (Å²) >= 11 is 0. The highest BCUT2D eigenvalue weighted by Gasteiger charge is 2.09. The lowest BCUT2D eigenvalue weighted by Gasteiger charge is -2.07. The summed E-state index contributed by atoms with van der Waals surface area (Å²) in [5, 5.41) is 0. The van der Waals surface area contributed by atoms with Crippen LogP contribution in [0.5, 0.6) is 11.5 Å². The van der Waals surface area contributed by atoms with Crippen molar-refractivity contribution < 1.29 is 28.5 Å². The van der Waals surface area contributed by atoms with Gasteiger partial charge in [0.1, 0.15) is 24.7 Å². The van der Waals surface area contributed by atoms with Crippen LogP contribution in [0.2, 0.25) is 0 Å². The number of benzene rings is 2. The molecule has 0 aliphatic rings. The monoisotopic (exact) mass is 330 g/mol. The molecule has 2 aromatic rings. The molecule has 0 fully saturated rings. The molecule has 0 atom stereocenters. The second-order valence-electron chi connectivity index (χ2n) is 4.73. The molecule has 24 heavy (non-hydrogen) atoms. The van der Waals surface area contributed by atoms with Gasteiger partial charge < -0.3 is 18.9 Å². The third-order valence-electron chi connectivity index (χ3n) is 3.20. The van der Waals surface area contributed by atoms with Crippen molar-refractivity contribution >= 4 is 11.9 Å². The molecule has 0 aromatic heterocycles. The number of ether oxygens (including phenoxy) is 4. The Morgan fingerprint density at radius 1 is 0.667 bits per heavy atom. The lowest BCUT2D eigenvalue weighted by molar-refractivity contribution is 0.0265. The van der Waals surface area contributed by atoms with E-state index in [2.05, 4.69) is 0 Å². The summed E-state index contributed by atoms with van der Waals surface area (Å²) in [5.74, 6) is 0.330. The van der Waals surface area contributed by atoms with E-state index < -0.39 is 11.9 Å². The Kier molecular flexibility index (Phi) is 6.19. The summed E-state index contributed by atoms with van der Waals surface area (Å²) in [6.07, 6.45) is 0. The van der Waals surface area contributed by atoms with Crippen molar-refractivity contribution in [2.45, 2.75) is 0 Å². The molecule has 0 N–H and O–H groups in total. The lowest BCUT2D eigenvalue weighted by Crippen LogP contribution is -2.14. The zero-order chi connectivity index (χ0) is 17.4. The number of carbonyl (C=O) groups is 2. The van der Waals surface area contributed by atoms with Gasteiger partial charge in [-0.3, -0.25) is 0 Å². The maximum absolute atomic E-state index is 11.8. The van der Waals surface area contributed by atoms with Crippen LogP contribution in [0.3, 0.4) is 0 Å². The normalized spacial score (nSPS) is 9.92. The minimum Gasteiger partial charge on any atom is -0.497 e. The molecule has 0 saturated heterocycles. The van der Waals surface area contributed by atoms with Gasteiger partial charge in [-0.05, 0) is 48.5 Å². The van der Waals surface area contributed by atoms with Crippen molar-refractivity contribution in [2.75, 3.05) is 27.4 Å². The Morgan fingerprint density at radius 2 is 1.00 bits per heavy atom. The largest absolute Gasteiger partial charge is 0.497 e. The van der Waals surface area contributed by atoms with Gasteiger partial charge in [0.2, 0.25) is 0 Å². The summed E-state index contributed by atoms with van der Waals surface area (Å²) in [7, 11) is 3.09. The first-order valence-electron chi connectivity index (χ1n) is 7.26. The first kappa shape index (κ1) is 17.3. The van der Waals surface area contributed by atoms with Gasteiger partial charge in [-0.2, -0.15) is 0 Å². The van der Waals surface area contributed by atoms with E-state index in [0.29, 0.717) is 22.6 Å². The summed E-state index contributed by atoms with van der Waals surface area (Å²) in [5.41, 5.74) is 0.801. The predicted molar refractivity (Wildman–Crippen MR) is 86.6 cm³/mol. The fraction of sp³-hybridized carbons (Fsp3) is 0.222. The Hall–Kier alpha value is -3.02. The van der Waals surface area contributed by atoms with E-state index in [1.165, 1.54) is 0 Å². The maximum Gasteiger partial charge on any atom is 0.338 e. The van der Waals surface area contributed by atoms with Crippen molar-refractivity contribution in [1.29, 1.82) is 0 Å². The highest BCUT2D eigenvalue weighted by molar-refractivity contribution is 5.90. The summed E-state index contributed by atoms with van der Waals surface area (Å²) in [4.78, 5) is 23.6. The van der Waals surface area contributed by atoms with Crippen LogP contribution < -0.4 is 9.47 Å².